The summed E-state index contributed by atoms with van der Waals surface area (Å²) in [5.74, 6) is 1.49. The van der Waals surface area contributed by atoms with Crippen molar-refractivity contribution in [3.63, 3.8) is 0 Å². The van der Waals surface area contributed by atoms with Crippen LogP contribution in [0.15, 0.2) is 6.20 Å². The van der Waals surface area contributed by atoms with Crippen molar-refractivity contribution in [1.82, 2.24) is 9.97 Å². The number of hydrogen-bond donors (Lipinski definition) is 1. The second kappa shape index (κ2) is 5.32. The molecule has 0 amide bonds. The minimum absolute atomic E-state index is 0.166. The Labute approximate surface area is 114 Å². The zero-order valence-corrected chi connectivity index (χ0v) is 12.2. The lowest BCUT2D eigenvalue weighted by atomic mass is 10.00. The monoisotopic (exact) mass is 284 g/mol. The Morgan fingerprint density at radius 2 is 2.26 bits per heavy atom. The first kappa shape index (κ1) is 14.0. The van der Waals surface area contributed by atoms with Gasteiger partial charge in [0.25, 0.3) is 0 Å². The largest absolute Gasteiger partial charge is 0.368 e. The van der Waals surface area contributed by atoms with Crippen LogP contribution in [-0.2, 0) is 9.84 Å². The number of nitrogens with two attached hydrogens (primary N) is 1. The van der Waals surface area contributed by atoms with Gasteiger partial charge in [-0.05, 0) is 25.7 Å². The molecule has 1 atom stereocenters. The molecule has 1 unspecified atom stereocenters. The average Bonchev–Trinajstić information content (AvgIpc) is 2.30. The molecule has 1 saturated heterocycles. The normalized spacial score (nSPS) is 20.5. The van der Waals surface area contributed by atoms with Crippen LogP contribution in [0, 0.1) is 12.8 Å². The van der Waals surface area contributed by atoms with Gasteiger partial charge in [0, 0.05) is 31.1 Å². The number of rotatable bonds is 3. The molecule has 106 valence electrons. The number of anilines is 2. The summed E-state index contributed by atoms with van der Waals surface area (Å²) in [6.45, 7) is 3.54. The molecule has 0 bridgehead atoms. The molecule has 1 aliphatic rings. The Morgan fingerprint density at radius 3 is 2.95 bits per heavy atom. The second-order valence-corrected chi connectivity index (χ2v) is 7.47. The van der Waals surface area contributed by atoms with Crippen LogP contribution < -0.4 is 10.6 Å². The Kier molecular flexibility index (Phi) is 3.93. The molecule has 0 aromatic carbocycles. The highest BCUT2D eigenvalue weighted by atomic mass is 32.2. The first-order valence-corrected chi connectivity index (χ1v) is 8.43. The summed E-state index contributed by atoms with van der Waals surface area (Å²) in [5, 5.41) is 0. The Balaban J connectivity index is 2.15. The number of aryl methyl sites for hydroxylation is 1. The highest BCUT2D eigenvalue weighted by Crippen LogP contribution is 2.25. The lowest BCUT2D eigenvalue weighted by Crippen LogP contribution is -2.39. The summed E-state index contributed by atoms with van der Waals surface area (Å²) in [6, 6.07) is 0. The summed E-state index contributed by atoms with van der Waals surface area (Å²) in [4.78, 5) is 10.3. The molecule has 0 spiro atoms. The predicted octanol–water partition coefficient (Wildman–Crippen LogP) is 0.628. The van der Waals surface area contributed by atoms with E-state index in [9.17, 15) is 8.42 Å². The summed E-state index contributed by atoms with van der Waals surface area (Å²) in [5.41, 5.74) is 6.59. The van der Waals surface area contributed by atoms with Crippen molar-refractivity contribution in [2.45, 2.75) is 19.8 Å². The molecule has 0 aliphatic carbocycles. The molecule has 0 radical (unpaired) electrons. The molecule has 7 heteroatoms. The lowest BCUT2D eigenvalue weighted by molar-refractivity contribution is 0.442. The van der Waals surface area contributed by atoms with E-state index in [-0.39, 0.29) is 17.6 Å². The number of aromatic nitrogens is 2. The fourth-order valence-corrected chi connectivity index (χ4v) is 3.72. The first-order chi connectivity index (χ1) is 8.85. The molecule has 2 heterocycles. The van der Waals surface area contributed by atoms with Gasteiger partial charge in [0.1, 0.15) is 15.7 Å². The van der Waals surface area contributed by atoms with Crippen molar-refractivity contribution in [2.75, 3.05) is 35.7 Å². The molecular weight excluding hydrogens is 264 g/mol. The van der Waals surface area contributed by atoms with Crippen LogP contribution in [0.4, 0.5) is 11.8 Å². The number of hydrogen-bond acceptors (Lipinski definition) is 6. The summed E-state index contributed by atoms with van der Waals surface area (Å²) >= 11 is 0. The van der Waals surface area contributed by atoms with Gasteiger partial charge >= 0.3 is 0 Å². The van der Waals surface area contributed by atoms with E-state index in [0.29, 0.717) is 6.54 Å². The number of piperidine rings is 1. The molecule has 2 N–H and O–H groups in total. The van der Waals surface area contributed by atoms with Crippen molar-refractivity contribution in [1.29, 1.82) is 0 Å². The molecule has 1 fully saturated rings. The maximum Gasteiger partial charge on any atom is 0.221 e. The van der Waals surface area contributed by atoms with Gasteiger partial charge in [-0.25, -0.2) is 13.4 Å². The molecule has 2 rings (SSSR count). The Hall–Kier alpha value is -1.37. The lowest BCUT2D eigenvalue weighted by Gasteiger charge is -2.34. The van der Waals surface area contributed by atoms with E-state index >= 15 is 0 Å². The maximum absolute atomic E-state index is 11.4. The van der Waals surface area contributed by atoms with E-state index in [1.165, 1.54) is 6.26 Å². The van der Waals surface area contributed by atoms with Crippen molar-refractivity contribution >= 4 is 21.6 Å². The van der Waals surface area contributed by atoms with Crippen LogP contribution in [0.5, 0.6) is 0 Å². The highest BCUT2D eigenvalue weighted by Gasteiger charge is 2.24. The minimum atomic E-state index is -2.93. The first-order valence-electron chi connectivity index (χ1n) is 6.37. The molecule has 0 saturated carbocycles. The van der Waals surface area contributed by atoms with Crippen LogP contribution in [0.1, 0.15) is 18.4 Å². The molecule has 1 aromatic rings. The summed E-state index contributed by atoms with van der Waals surface area (Å²) < 4.78 is 22.8. The fraction of sp³-hybridized carbons (Fsp3) is 0.667. The van der Waals surface area contributed by atoms with E-state index < -0.39 is 9.84 Å². The van der Waals surface area contributed by atoms with Crippen LogP contribution in [0.25, 0.3) is 0 Å². The van der Waals surface area contributed by atoms with Crippen molar-refractivity contribution in [3.05, 3.63) is 11.8 Å². The van der Waals surface area contributed by atoms with Gasteiger partial charge in [0.05, 0.1) is 5.75 Å². The zero-order valence-electron chi connectivity index (χ0n) is 11.3. The third kappa shape index (κ3) is 3.79. The van der Waals surface area contributed by atoms with Gasteiger partial charge in [0.2, 0.25) is 5.95 Å². The summed E-state index contributed by atoms with van der Waals surface area (Å²) in [6.07, 6.45) is 4.92. The molecular formula is C12H20N4O2S. The van der Waals surface area contributed by atoms with Crippen LogP contribution in [-0.4, -0.2) is 43.5 Å². The fourth-order valence-electron chi connectivity index (χ4n) is 2.59. The predicted molar refractivity (Wildman–Crippen MR) is 75.8 cm³/mol. The van der Waals surface area contributed by atoms with Gasteiger partial charge in [-0.3, -0.25) is 0 Å². The SMILES string of the molecule is Cc1cnc(N)nc1N1CCCC(CS(C)(=O)=O)C1. The van der Waals surface area contributed by atoms with E-state index in [4.69, 9.17) is 5.73 Å². The third-order valence-electron chi connectivity index (χ3n) is 3.32. The van der Waals surface area contributed by atoms with Crippen molar-refractivity contribution in [3.8, 4) is 0 Å². The summed E-state index contributed by atoms with van der Waals surface area (Å²) in [7, 11) is -2.93. The van der Waals surface area contributed by atoms with Crippen LogP contribution >= 0.6 is 0 Å². The maximum atomic E-state index is 11.4. The van der Waals surface area contributed by atoms with Gasteiger partial charge in [0.15, 0.2) is 0 Å². The smallest absolute Gasteiger partial charge is 0.221 e. The van der Waals surface area contributed by atoms with Crippen molar-refractivity contribution in [2.24, 2.45) is 5.92 Å². The van der Waals surface area contributed by atoms with Crippen LogP contribution in [0.3, 0.4) is 0 Å². The minimum Gasteiger partial charge on any atom is -0.368 e. The van der Waals surface area contributed by atoms with Crippen molar-refractivity contribution < 1.29 is 8.42 Å². The van der Waals surface area contributed by atoms with Gasteiger partial charge in [-0.2, -0.15) is 4.98 Å². The highest BCUT2D eigenvalue weighted by molar-refractivity contribution is 7.90. The van der Waals surface area contributed by atoms with Gasteiger partial charge in [-0.15, -0.1) is 0 Å². The molecule has 1 aromatic heterocycles. The number of nitrogen functional groups attached to an aromatic ring is 1. The van der Waals surface area contributed by atoms with E-state index in [1.54, 1.807) is 6.20 Å². The van der Waals surface area contributed by atoms with Crippen LogP contribution in [0.2, 0.25) is 0 Å². The van der Waals surface area contributed by atoms with E-state index in [1.807, 2.05) is 6.92 Å². The number of nitrogens with zero attached hydrogens (tertiary/aromatic N) is 3. The molecule has 6 nitrogen and oxygen atoms in total. The van der Waals surface area contributed by atoms with E-state index in [0.717, 1.165) is 30.8 Å². The molecule has 1 aliphatic heterocycles. The average molecular weight is 284 g/mol. The van der Waals surface area contributed by atoms with Gasteiger partial charge < -0.3 is 10.6 Å². The topological polar surface area (TPSA) is 89.2 Å². The van der Waals surface area contributed by atoms with Gasteiger partial charge in [-0.1, -0.05) is 0 Å². The quantitative estimate of drug-likeness (QED) is 0.875. The Morgan fingerprint density at radius 1 is 1.53 bits per heavy atom. The second-order valence-electron chi connectivity index (χ2n) is 5.28. The third-order valence-corrected chi connectivity index (χ3v) is 4.40. The van der Waals surface area contributed by atoms with E-state index in [2.05, 4.69) is 14.9 Å². The number of sulfone groups is 1. The molecule has 19 heavy (non-hydrogen) atoms. The standard InChI is InChI=1S/C12H20N4O2S/c1-9-6-14-12(13)15-11(9)16-5-3-4-10(7-16)8-19(2,17)18/h6,10H,3-5,7-8H2,1-2H3,(H2,13,14,15). The Bertz CT molecular complexity index is 559. The zero-order chi connectivity index (χ0) is 14.0.